The molecule has 0 aromatic carbocycles. The van der Waals surface area contributed by atoms with Gasteiger partial charge in [-0.3, -0.25) is 0 Å². The minimum absolute atomic E-state index is 0.734. The van der Waals surface area contributed by atoms with Crippen molar-refractivity contribution in [3.63, 3.8) is 0 Å². The molecule has 0 unspecified atom stereocenters. The molecule has 0 amide bonds. The van der Waals surface area contributed by atoms with Gasteiger partial charge in [-0.25, -0.2) is 0 Å². The molecule has 0 spiro atoms. The fraction of sp³-hybridized carbons (Fsp3) is 0. The molecule has 0 atom stereocenters. The number of thiophene rings is 2. The van der Waals surface area contributed by atoms with Crippen molar-refractivity contribution < 1.29 is 0 Å². The molecule has 2 aromatic rings. The van der Waals surface area contributed by atoms with Crippen molar-refractivity contribution >= 4 is 34.3 Å². The van der Waals surface area contributed by atoms with Crippen molar-refractivity contribution in [2.75, 3.05) is 0 Å². The third kappa shape index (κ3) is 1.34. The Hall–Kier alpha value is -0.310. The fourth-order valence-corrected chi connectivity index (χ4v) is 2.71. The molecule has 2 aromatic heterocycles. The Morgan fingerprint density at radius 2 is 2.36 bits per heavy atom. The van der Waals surface area contributed by atoms with E-state index in [0.29, 0.717) is 0 Å². The normalized spacial score (nSPS) is 10.3. The first kappa shape index (κ1) is 7.35. The van der Waals surface area contributed by atoms with Gasteiger partial charge >= 0.3 is 0 Å². The molecule has 0 nitrogen and oxygen atoms in total. The molecular weight excluding hydrogens is 196 g/mol. The lowest BCUT2D eigenvalue weighted by Gasteiger charge is -1.89. The Balaban J connectivity index is 2.53. The Morgan fingerprint density at radius 1 is 1.45 bits per heavy atom. The molecule has 0 bridgehead atoms. The second kappa shape index (κ2) is 2.97. The van der Waals surface area contributed by atoms with Gasteiger partial charge in [0.25, 0.3) is 0 Å². The number of rotatable bonds is 1. The maximum Gasteiger partial charge on any atom is 0.0687 e. The lowest BCUT2D eigenvalue weighted by molar-refractivity contribution is 1.88. The first-order valence-electron chi connectivity index (χ1n) is 3.06. The molecule has 0 saturated carbocycles. The Labute approximate surface area is 78.1 Å². The summed E-state index contributed by atoms with van der Waals surface area (Å²) in [6.07, 6.45) is 0. The van der Waals surface area contributed by atoms with Crippen LogP contribution in [0.1, 0.15) is 0 Å². The minimum atomic E-state index is 0.734. The van der Waals surface area contributed by atoms with Gasteiger partial charge in [0, 0.05) is 15.8 Å². The van der Waals surface area contributed by atoms with Gasteiger partial charge in [0.15, 0.2) is 0 Å². The zero-order valence-corrected chi connectivity index (χ0v) is 7.89. The highest BCUT2D eigenvalue weighted by Crippen LogP contribution is 2.33. The molecular formula is C8H4ClS2. The van der Waals surface area contributed by atoms with Crippen molar-refractivity contribution in [2.24, 2.45) is 0 Å². The molecule has 0 fully saturated rings. The smallest absolute Gasteiger partial charge is 0.0687 e. The van der Waals surface area contributed by atoms with E-state index in [-0.39, 0.29) is 0 Å². The average molecular weight is 200 g/mol. The molecule has 0 aliphatic heterocycles. The van der Waals surface area contributed by atoms with Crippen LogP contribution in [0.3, 0.4) is 0 Å². The first-order valence-corrected chi connectivity index (χ1v) is 5.20. The summed E-state index contributed by atoms with van der Waals surface area (Å²) < 4.78 is 0. The van der Waals surface area contributed by atoms with Crippen LogP contribution in [0.4, 0.5) is 0 Å². The van der Waals surface area contributed by atoms with Crippen molar-refractivity contribution in [1.82, 2.24) is 0 Å². The second-order valence-electron chi connectivity index (χ2n) is 2.04. The summed E-state index contributed by atoms with van der Waals surface area (Å²) in [7, 11) is 0. The van der Waals surface area contributed by atoms with Gasteiger partial charge in [-0.15, -0.1) is 22.7 Å². The van der Waals surface area contributed by atoms with Crippen LogP contribution in [-0.2, 0) is 0 Å². The SMILES string of the molecule is Clc1[c]scc1-c1cccs1. The second-order valence-corrected chi connectivity index (χ2v) is 4.04. The molecule has 3 heteroatoms. The maximum atomic E-state index is 5.89. The molecule has 55 valence electrons. The van der Waals surface area contributed by atoms with Gasteiger partial charge in [0.1, 0.15) is 0 Å². The first-order chi connectivity index (χ1) is 5.38. The van der Waals surface area contributed by atoms with Gasteiger partial charge in [-0.05, 0) is 11.4 Å². The molecule has 11 heavy (non-hydrogen) atoms. The van der Waals surface area contributed by atoms with Crippen molar-refractivity contribution in [1.29, 1.82) is 0 Å². The predicted octanol–water partition coefficient (Wildman–Crippen LogP) is 3.93. The largest absolute Gasteiger partial charge is 0.144 e. The Kier molecular flexibility index (Phi) is 1.98. The van der Waals surface area contributed by atoms with Gasteiger partial charge < -0.3 is 0 Å². The average Bonchev–Trinajstić information content (AvgIpc) is 2.55. The monoisotopic (exact) mass is 199 g/mol. The van der Waals surface area contributed by atoms with E-state index in [0.717, 1.165) is 10.6 Å². The van der Waals surface area contributed by atoms with E-state index < -0.39 is 0 Å². The van der Waals surface area contributed by atoms with Gasteiger partial charge in [0.2, 0.25) is 0 Å². The summed E-state index contributed by atoms with van der Waals surface area (Å²) in [5.41, 5.74) is 1.10. The highest BCUT2D eigenvalue weighted by molar-refractivity contribution is 7.14. The molecule has 0 aliphatic carbocycles. The van der Waals surface area contributed by atoms with E-state index in [1.807, 2.05) is 16.8 Å². The standard InChI is InChI=1S/C8H4ClS2/c9-7-5-10-4-6(7)8-2-1-3-11-8/h1-4H. The molecule has 0 saturated heterocycles. The fourth-order valence-electron chi connectivity index (χ4n) is 0.845. The molecule has 1 radical (unpaired) electrons. The third-order valence-electron chi connectivity index (χ3n) is 1.35. The highest BCUT2D eigenvalue weighted by atomic mass is 35.5. The van der Waals surface area contributed by atoms with E-state index in [1.54, 1.807) is 11.3 Å². The van der Waals surface area contributed by atoms with Crippen LogP contribution >= 0.6 is 34.3 Å². The van der Waals surface area contributed by atoms with E-state index in [1.165, 1.54) is 16.2 Å². The summed E-state index contributed by atoms with van der Waals surface area (Å²) in [4.78, 5) is 1.22. The summed E-state index contributed by atoms with van der Waals surface area (Å²) >= 11 is 9.10. The number of halogens is 1. The molecule has 2 rings (SSSR count). The maximum absolute atomic E-state index is 5.89. The van der Waals surface area contributed by atoms with Crippen molar-refractivity contribution in [2.45, 2.75) is 0 Å². The molecule has 0 aliphatic rings. The summed E-state index contributed by atoms with van der Waals surface area (Å²) in [6, 6.07) is 4.08. The van der Waals surface area contributed by atoms with Crippen LogP contribution in [0.15, 0.2) is 22.9 Å². The lowest BCUT2D eigenvalue weighted by Crippen LogP contribution is -1.63. The van der Waals surface area contributed by atoms with E-state index in [2.05, 4.69) is 11.4 Å². The quantitative estimate of drug-likeness (QED) is 0.653. The topological polar surface area (TPSA) is 0 Å². The summed E-state index contributed by atoms with van der Waals surface area (Å²) in [5, 5.41) is 7.77. The molecule has 0 N–H and O–H groups in total. The van der Waals surface area contributed by atoms with Crippen molar-refractivity contribution in [3.05, 3.63) is 33.3 Å². The molecule has 2 heterocycles. The zero-order chi connectivity index (χ0) is 7.68. The van der Waals surface area contributed by atoms with Gasteiger partial charge in [0.05, 0.1) is 10.4 Å². The van der Waals surface area contributed by atoms with Crippen LogP contribution < -0.4 is 0 Å². The lowest BCUT2D eigenvalue weighted by atomic mass is 10.3. The zero-order valence-electron chi connectivity index (χ0n) is 5.50. The highest BCUT2D eigenvalue weighted by Gasteiger charge is 2.04. The van der Waals surface area contributed by atoms with E-state index >= 15 is 0 Å². The van der Waals surface area contributed by atoms with Crippen molar-refractivity contribution in [3.8, 4) is 10.4 Å². The minimum Gasteiger partial charge on any atom is -0.144 e. The predicted molar refractivity (Wildman–Crippen MR) is 51.5 cm³/mol. The third-order valence-corrected chi connectivity index (χ3v) is 3.34. The Bertz CT molecular complexity index is 335. The summed E-state index contributed by atoms with van der Waals surface area (Å²) in [5.74, 6) is 0. The van der Waals surface area contributed by atoms with Crippen LogP contribution in [0.25, 0.3) is 10.4 Å². The number of hydrogen-bond acceptors (Lipinski definition) is 2. The van der Waals surface area contributed by atoms with Crippen LogP contribution in [0.2, 0.25) is 5.02 Å². The number of hydrogen-bond donors (Lipinski definition) is 0. The van der Waals surface area contributed by atoms with Crippen LogP contribution in [0, 0.1) is 5.38 Å². The summed E-state index contributed by atoms with van der Waals surface area (Å²) in [6.45, 7) is 0. The Morgan fingerprint density at radius 3 is 2.91 bits per heavy atom. The van der Waals surface area contributed by atoms with Crippen LogP contribution in [0.5, 0.6) is 0 Å². The van der Waals surface area contributed by atoms with E-state index in [9.17, 15) is 0 Å². The van der Waals surface area contributed by atoms with Gasteiger partial charge in [-0.1, -0.05) is 17.7 Å². The van der Waals surface area contributed by atoms with Crippen LogP contribution in [-0.4, -0.2) is 0 Å². The van der Waals surface area contributed by atoms with E-state index in [4.69, 9.17) is 11.6 Å². The van der Waals surface area contributed by atoms with Gasteiger partial charge in [-0.2, -0.15) is 0 Å².